The van der Waals surface area contributed by atoms with Crippen molar-refractivity contribution < 1.29 is 4.79 Å². The summed E-state index contributed by atoms with van der Waals surface area (Å²) in [5.41, 5.74) is 2.45. The molecule has 2 bridgehead atoms. The number of benzene rings is 2. The fourth-order valence-electron chi connectivity index (χ4n) is 5.98. The first-order valence-electron chi connectivity index (χ1n) is 9.27. The zero-order valence-electron chi connectivity index (χ0n) is 15.1. The second kappa shape index (κ2) is 4.59. The van der Waals surface area contributed by atoms with Crippen molar-refractivity contribution in [3.63, 3.8) is 0 Å². The quantitative estimate of drug-likeness (QED) is 0.672. The lowest BCUT2D eigenvalue weighted by molar-refractivity contribution is -0.129. The van der Waals surface area contributed by atoms with Crippen molar-refractivity contribution in [2.75, 3.05) is 0 Å². The van der Waals surface area contributed by atoms with E-state index in [1.807, 2.05) is 11.8 Å². The summed E-state index contributed by atoms with van der Waals surface area (Å²) in [5, 5.41) is 0. The Morgan fingerprint density at radius 3 is 1.84 bits per heavy atom. The molecule has 0 aromatic heterocycles. The molecule has 2 aromatic rings. The van der Waals surface area contributed by atoms with Gasteiger partial charge in [0.2, 0.25) is 0 Å². The summed E-state index contributed by atoms with van der Waals surface area (Å²) in [6.45, 7) is 6.89. The Morgan fingerprint density at radius 2 is 1.40 bits per heavy atom. The number of hydrogen-bond donors (Lipinski definition) is 0. The van der Waals surface area contributed by atoms with E-state index in [-0.39, 0.29) is 20.3 Å². The summed E-state index contributed by atoms with van der Waals surface area (Å²) >= 11 is 1.92. The van der Waals surface area contributed by atoms with Gasteiger partial charge in [-0.1, -0.05) is 81.4 Å². The molecule has 3 atom stereocenters. The maximum atomic E-state index is 13.8. The highest BCUT2D eigenvalue weighted by Gasteiger charge is 2.87. The van der Waals surface area contributed by atoms with E-state index in [0.717, 1.165) is 6.42 Å². The SMILES string of the molecule is CC1(C)[C@@H]2CC[C@@]1(C)C(=O)[C@]21SC1(c1ccccc1)c1ccccc1. The third-order valence-electron chi connectivity index (χ3n) is 7.71. The molecule has 3 fully saturated rings. The molecule has 0 N–H and O–H groups in total. The number of Topliss-reactive ketones (excluding diaryl/α,β-unsaturated/α-hetero) is 1. The molecule has 128 valence electrons. The zero-order chi connectivity index (χ0) is 17.5. The first-order valence-corrected chi connectivity index (χ1v) is 10.1. The van der Waals surface area contributed by atoms with Crippen LogP contribution in [0.4, 0.5) is 0 Å². The van der Waals surface area contributed by atoms with Crippen LogP contribution in [-0.4, -0.2) is 10.5 Å². The molecule has 0 unspecified atom stereocenters. The zero-order valence-corrected chi connectivity index (χ0v) is 15.9. The molecule has 1 aliphatic heterocycles. The summed E-state index contributed by atoms with van der Waals surface area (Å²) in [7, 11) is 0. The number of ketones is 1. The Labute approximate surface area is 154 Å². The van der Waals surface area contributed by atoms with Crippen molar-refractivity contribution in [1.29, 1.82) is 0 Å². The third kappa shape index (κ3) is 1.53. The number of hydrogen-bond acceptors (Lipinski definition) is 2. The van der Waals surface area contributed by atoms with Gasteiger partial charge in [0.1, 0.15) is 4.75 Å². The van der Waals surface area contributed by atoms with Gasteiger partial charge in [-0.05, 0) is 35.3 Å². The summed E-state index contributed by atoms with van der Waals surface area (Å²) in [4.78, 5) is 13.8. The summed E-state index contributed by atoms with van der Waals surface area (Å²) < 4.78 is -0.501. The van der Waals surface area contributed by atoms with Crippen LogP contribution in [0.15, 0.2) is 60.7 Å². The van der Waals surface area contributed by atoms with Gasteiger partial charge in [-0.3, -0.25) is 4.79 Å². The van der Waals surface area contributed by atoms with Crippen LogP contribution in [0.1, 0.15) is 44.7 Å². The second-order valence-corrected chi connectivity index (χ2v) is 10.2. The largest absolute Gasteiger partial charge is 0.297 e. The minimum absolute atomic E-state index is 0.0718. The number of rotatable bonds is 2. The lowest BCUT2D eigenvalue weighted by Crippen LogP contribution is -2.41. The molecule has 2 aromatic carbocycles. The van der Waals surface area contributed by atoms with Gasteiger partial charge in [0.15, 0.2) is 5.78 Å². The van der Waals surface area contributed by atoms with Crippen LogP contribution in [0.25, 0.3) is 0 Å². The van der Waals surface area contributed by atoms with E-state index in [9.17, 15) is 4.79 Å². The Balaban J connectivity index is 1.76. The van der Waals surface area contributed by atoms with Crippen LogP contribution in [0.5, 0.6) is 0 Å². The molecule has 1 heterocycles. The summed E-state index contributed by atoms with van der Waals surface area (Å²) in [6, 6.07) is 21.4. The molecule has 5 rings (SSSR count). The van der Waals surface area contributed by atoms with Crippen molar-refractivity contribution >= 4 is 17.5 Å². The van der Waals surface area contributed by atoms with Gasteiger partial charge in [-0.2, -0.15) is 0 Å². The van der Waals surface area contributed by atoms with Crippen molar-refractivity contribution in [3.8, 4) is 0 Å². The monoisotopic (exact) mass is 348 g/mol. The predicted octanol–water partition coefficient (Wildman–Crippen LogP) is 5.44. The third-order valence-corrected chi connectivity index (χ3v) is 9.71. The molecule has 2 heteroatoms. The predicted molar refractivity (Wildman–Crippen MR) is 104 cm³/mol. The maximum absolute atomic E-state index is 13.8. The van der Waals surface area contributed by atoms with E-state index < -0.39 is 0 Å². The van der Waals surface area contributed by atoms with Crippen LogP contribution in [0.3, 0.4) is 0 Å². The number of fused-ring (bicyclic) bond motifs is 3. The van der Waals surface area contributed by atoms with Gasteiger partial charge >= 0.3 is 0 Å². The maximum Gasteiger partial charge on any atom is 0.157 e. The number of carbonyl (C=O) groups excluding carboxylic acids is 1. The van der Waals surface area contributed by atoms with Crippen LogP contribution >= 0.6 is 11.8 Å². The molecular weight excluding hydrogens is 324 g/mol. The standard InChI is InChI=1S/C23H24OS/c1-20(2)18-14-15-21(20,3)19(24)23(18)22(25-23,16-10-6-4-7-11-16)17-12-8-5-9-13-17/h4-13,18H,14-15H2,1-3H3/t18-,21-,23+/m0/s1. The summed E-state index contributed by atoms with van der Waals surface area (Å²) in [6.07, 6.45) is 2.22. The van der Waals surface area contributed by atoms with E-state index in [1.54, 1.807) is 0 Å². The molecule has 25 heavy (non-hydrogen) atoms. The van der Waals surface area contributed by atoms with Crippen molar-refractivity contribution in [1.82, 2.24) is 0 Å². The highest BCUT2D eigenvalue weighted by Crippen LogP contribution is 2.87. The van der Waals surface area contributed by atoms with Gasteiger partial charge in [0, 0.05) is 5.41 Å². The smallest absolute Gasteiger partial charge is 0.157 e. The Hall–Kier alpha value is -1.54. The average Bonchev–Trinajstić information content (AvgIpc) is 3.23. The van der Waals surface area contributed by atoms with Gasteiger partial charge in [-0.15, -0.1) is 11.8 Å². The molecule has 2 saturated carbocycles. The minimum atomic E-state index is -0.286. The van der Waals surface area contributed by atoms with Crippen LogP contribution in [0, 0.1) is 16.7 Å². The van der Waals surface area contributed by atoms with Crippen LogP contribution in [-0.2, 0) is 9.54 Å². The lowest BCUT2D eigenvalue weighted by atomic mass is 9.70. The molecule has 2 aliphatic carbocycles. The van der Waals surface area contributed by atoms with E-state index in [0.29, 0.717) is 11.7 Å². The molecule has 3 aliphatic rings. The average molecular weight is 349 g/mol. The molecule has 1 nitrogen and oxygen atoms in total. The highest BCUT2D eigenvalue weighted by atomic mass is 32.2. The van der Waals surface area contributed by atoms with Crippen molar-refractivity contribution in [2.45, 2.75) is 43.1 Å². The lowest BCUT2D eigenvalue weighted by Gasteiger charge is -2.32. The Kier molecular flexibility index (Phi) is 2.88. The van der Waals surface area contributed by atoms with Crippen molar-refractivity contribution in [2.24, 2.45) is 16.7 Å². The molecular formula is C23H24OS. The van der Waals surface area contributed by atoms with E-state index in [1.165, 1.54) is 17.5 Å². The minimum Gasteiger partial charge on any atom is -0.297 e. The fourth-order valence-corrected chi connectivity index (χ4v) is 8.27. The first-order chi connectivity index (χ1) is 11.9. The topological polar surface area (TPSA) is 17.1 Å². The molecule has 0 amide bonds. The van der Waals surface area contributed by atoms with Crippen LogP contribution in [0.2, 0.25) is 0 Å². The molecule has 1 spiro atoms. The molecule has 1 saturated heterocycles. The first kappa shape index (κ1) is 15.7. The second-order valence-electron chi connectivity index (χ2n) is 8.73. The van der Waals surface area contributed by atoms with Gasteiger partial charge in [0.05, 0.1) is 4.75 Å². The summed E-state index contributed by atoms with van der Waals surface area (Å²) in [5.74, 6) is 0.946. The van der Waals surface area contributed by atoms with Crippen molar-refractivity contribution in [3.05, 3.63) is 71.8 Å². The Morgan fingerprint density at radius 1 is 0.880 bits per heavy atom. The number of carbonyl (C=O) groups is 1. The van der Waals surface area contributed by atoms with Gasteiger partial charge in [0.25, 0.3) is 0 Å². The molecule has 0 radical (unpaired) electrons. The van der Waals surface area contributed by atoms with E-state index in [4.69, 9.17) is 0 Å². The van der Waals surface area contributed by atoms with Crippen LogP contribution < -0.4 is 0 Å². The highest BCUT2D eigenvalue weighted by molar-refractivity contribution is 8.10. The van der Waals surface area contributed by atoms with E-state index in [2.05, 4.69) is 81.4 Å². The van der Waals surface area contributed by atoms with Gasteiger partial charge < -0.3 is 0 Å². The van der Waals surface area contributed by atoms with Gasteiger partial charge in [-0.25, -0.2) is 0 Å². The normalized spacial score (nSPS) is 36.8. The Bertz CT molecular complexity index is 817. The van der Waals surface area contributed by atoms with E-state index >= 15 is 0 Å². The number of thioether (sulfide) groups is 1. The fraction of sp³-hybridized carbons (Fsp3) is 0.435.